The predicted octanol–water partition coefficient (Wildman–Crippen LogP) is 1.55. The summed E-state index contributed by atoms with van der Waals surface area (Å²) in [6.45, 7) is 2.11. The van der Waals surface area contributed by atoms with Gasteiger partial charge < -0.3 is 15.4 Å². The lowest BCUT2D eigenvalue weighted by atomic mass is 10.1. The molecule has 84 valence electrons. The molecule has 0 atom stereocenters. The van der Waals surface area contributed by atoms with Gasteiger partial charge in [-0.05, 0) is 18.1 Å². The van der Waals surface area contributed by atoms with E-state index in [1.165, 1.54) is 6.92 Å². The van der Waals surface area contributed by atoms with E-state index in [1.54, 1.807) is 6.07 Å². The Morgan fingerprint density at radius 1 is 1.50 bits per heavy atom. The third-order valence-electron chi connectivity index (χ3n) is 2.55. The lowest BCUT2D eigenvalue weighted by Crippen LogP contribution is -2.22. The maximum absolute atomic E-state index is 10.7. The minimum atomic E-state index is -0.0253. The van der Waals surface area contributed by atoms with E-state index in [0.717, 1.165) is 22.9 Å². The van der Waals surface area contributed by atoms with Crippen LogP contribution in [0.3, 0.4) is 0 Å². The fourth-order valence-corrected chi connectivity index (χ4v) is 1.78. The Morgan fingerprint density at radius 2 is 2.31 bits per heavy atom. The zero-order valence-corrected chi connectivity index (χ0v) is 9.08. The van der Waals surface area contributed by atoms with Crippen LogP contribution in [0.15, 0.2) is 24.4 Å². The number of aromatic nitrogens is 1. The minimum Gasteiger partial charge on any atom is -0.506 e. The van der Waals surface area contributed by atoms with Crippen molar-refractivity contribution in [2.45, 2.75) is 13.3 Å². The normalized spacial score (nSPS) is 10.6. The Morgan fingerprint density at radius 3 is 3.06 bits per heavy atom. The highest BCUT2D eigenvalue weighted by Gasteiger charge is 2.06. The van der Waals surface area contributed by atoms with Crippen molar-refractivity contribution in [3.63, 3.8) is 0 Å². The van der Waals surface area contributed by atoms with Crippen molar-refractivity contribution in [1.29, 1.82) is 0 Å². The summed E-state index contributed by atoms with van der Waals surface area (Å²) in [5.74, 6) is 0.228. The first-order chi connectivity index (χ1) is 7.68. The summed E-state index contributed by atoms with van der Waals surface area (Å²) in [5, 5.41) is 13.3. The molecule has 0 fully saturated rings. The molecule has 0 saturated carbocycles. The highest BCUT2D eigenvalue weighted by Crippen LogP contribution is 2.25. The van der Waals surface area contributed by atoms with Gasteiger partial charge in [-0.3, -0.25) is 4.79 Å². The van der Waals surface area contributed by atoms with Crippen molar-refractivity contribution < 1.29 is 9.90 Å². The monoisotopic (exact) mass is 218 g/mol. The molecule has 0 radical (unpaired) electrons. The number of hydrogen-bond acceptors (Lipinski definition) is 2. The van der Waals surface area contributed by atoms with Gasteiger partial charge in [0.2, 0.25) is 5.91 Å². The number of aromatic amines is 1. The molecule has 0 bridgehead atoms. The molecule has 1 heterocycles. The van der Waals surface area contributed by atoms with E-state index in [4.69, 9.17) is 0 Å². The molecule has 1 aromatic carbocycles. The maximum Gasteiger partial charge on any atom is 0.216 e. The van der Waals surface area contributed by atoms with Crippen molar-refractivity contribution >= 4 is 16.8 Å². The van der Waals surface area contributed by atoms with Crippen LogP contribution in [0.4, 0.5) is 0 Å². The zero-order valence-electron chi connectivity index (χ0n) is 9.08. The van der Waals surface area contributed by atoms with E-state index in [-0.39, 0.29) is 11.7 Å². The van der Waals surface area contributed by atoms with Gasteiger partial charge >= 0.3 is 0 Å². The van der Waals surface area contributed by atoms with Crippen LogP contribution >= 0.6 is 0 Å². The van der Waals surface area contributed by atoms with E-state index in [9.17, 15) is 9.90 Å². The summed E-state index contributed by atoms with van der Waals surface area (Å²) < 4.78 is 0. The van der Waals surface area contributed by atoms with E-state index < -0.39 is 0 Å². The first-order valence-corrected chi connectivity index (χ1v) is 5.21. The fraction of sp³-hybridized carbons (Fsp3) is 0.250. The summed E-state index contributed by atoms with van der Waals surface area (Å²) in [5.41, 5.74) is 1.85. The van der Waals surface area contributed by atoms with Gasteiger partial charge in [-0.25, -0.2) is 0 Å². The first-order valence-electron chi connectivity index (χ1n) is 5.21. The first kappa shape index (κ1) is 10.5. The van der Waals surface area contributed by atoms with Gasteiger partial charge in [-0.2, -0.15) is 0 Å². The average molecular weight is 218 g/mol. The second-order valence-corrected chi connectivity index (χ2v) is 3.75. The summed E-state index contributed by atoms with van der Waals surface area (Å²) in [7, 11) is 0. The maximum atomic E-state index is 10.7. The zero-order chi connectivity index (χ0) is 11.5. The second-order valence-electron chi connectivity index (χ2n) is 3.75. The van der Waals surface area contributed by atoms with Crippen LogP contribution < -0.4 is 5.32 Å². The number of fused-ring (bicyclic) bond motifs is 1. The van der Waals surface area contributed by atoms with E-state index in [0.29, 0.717) is 6.54 Å². The molecule has 0 aliphatic heterocycles. The third-order valence-corrected chi connectivity index (χ3v) is 2.55. The summed E-state index contributed by atoms with van der Waals surface area (Å²) >= 11 is 0. The predicted molar refractivity (Wildman–Crippen MR) is 62.4 cm³/mol. The molecule has 4 heteroatoms. The molecule has 2 aromatic rings. The standard InChI is InChI=1S/C12H14N2O2/c1-8(15)13-6-5-9-7-14-12-10(9)3-2-4-11(12)16/h2-4,7,14,16H,5-6H2,1H3,(H,13,15). The Bertz CT molecular complexity index is 517. The number of benzene rings is 1. The lowest BCUT2D eigenvalue weighted by Gasteiger charge is -2.01. The summed E-state index contributed by atoms with van der Waals surface area (Å²) in [4.78, 5) is 13.8. The van der Waals surface area contributed by atoms with Crippen molar-refractivity contribution in [3.05, 3.63) is 30.0 Å². The van der Waals surface area contributed by atoms with E-state index in [2.05, 4.69) is 10.3 Å². The van der Waals surface area contributed by atoms with Crippen molar-refractivity contribution in [1.82, 2.24) is 10.3 Å². The van der Waals surface area contributed by atoms with Crippen LogP contribution in [0.2, 0.25) is 0 Å². The van der Waals surface area contributed by atoms with Gasteiger partial charge in [0, 0.05) is 25.1 Å². The van der Waals surface area contributed by atoms with E-state index in [1.807, 2.05) is 18.3 Å². The quantitative estimate of drug-likeness (QED) is 0.731. The lowest BCUT2D eigenvalue weighted by molar-refractivity contribution is -0.118. The van der Waals surface area contributed by atoms with Crippen molar-refractivity contribution in [2.24, 2.45) is 0 Å². The number of carbonyl (C=O) groups is 1. The molecular weight excluding hydrogens is 204 g/mol. The Hall–Kier alpha value is -1.97. The molecule has 0 aliphatic rings. The Kier molecular flexibility index (Phi) is 2.81. The number of carbonyl (C=O) groups excluding carboxylic acids is 1. The van der Waals surface area contributed by atoms with Crippen molar-refractivity contribution in [3.8, 4) is 5.75 Å². The highest BCUT2D eigenvalue weighted by molar-refractivity contribution is 5.88. The van der Waals surface area contributed by atoms with Crippen LogP contribution in [0.5, 0.6) is 5.75 Å². The number of H-pyrrole nitrogens is 1. The van der Waals surface area contributed by atoms with Gasteiger partial charge in [-0.1, -0.05) is 12.1 Å². The molecule has 2 rings (SSSR count). The number of aromatic hydroxyl groups is 1. The molecule has 0 spiro atoms. The number of phenolic OH excluding ortho intramolecular Hbond substituents is 1. The largest absolute Gasteiger partial charge is 0.506 e. The molecule has 0 aliphatic carbocycles. The molecule has 0 saturated heterocycles. The van der Waals surface area contributed by atoms with Crippen LogP contribution in [0, 0.1) is 0 Å². The molecule has 1 amide bonds. The Balaban J connectivity index is 2.19. The Labute approximate surface area is 93.3 Å². The van der Waals surface area contributed by atoms with E-state index >= 15 is 0 Å². The van der Waals surface area contributed by atoms with Crippen LogP contribution in [-0.2, 0) is 11.2 Å². The molecule has 1 aromatic heterocycles. The second kappa shape index (κ2) is 4.26. The molecule has 3 N–H and O–H groups in total. The highest BCUT2D eigenvalue weighted by atomic mass is 16.3. The average Bonchev–Trinajstić information content (AvgIpc) is 2.63. The van der Waals surface area contributed by atoms with Gasteiger partial charge in [0.15, 0.2) is 0 Å². The van der Waals surface area contributed by atoms with Crippen molar-refractivity contribution in [2.75, 3.05) is 6.54 Å². The third kappa shape index (κ3) is 2.00. The number of amides is 1. The minimum absolute atomic E-state index is 0.0253. The number of hydrogen-bond donors (Lipinski definition) is 3. The number of para-hydroxylation sites is 1. The van der Waals surface area contributed by atoms with Gasteiger partial charge in [0.05, 0.1) is 5.52 Å². The number of rotatable bonds is 3. The topological polar surface area (TPSA) is 65.1 Å². The summed E-state index contributed by atoms with van der Waals surface area (Å²) in [6.07, 6.45) is 2.62. The molecule has 0 unspecified atom stereocenters. The number of phenols is 1. The smallest absolute Gasteiger partial charge is 0.216 e. The summed E-state index contributed by atoms with van der Waals surface area (Å²) in [6, 6.07) is 5.42. The molecular formula is C12H14N2O2. The van der Waals surface area contributed by atoms with Gasteiger partial charge in [0.25, 0.3) is 0 Å². The fourth-order valence-electron chi connectivity index (χ4n) is 1.78. The van der Waals surface area contributed by atoms with Gasteiger partial charge in [-0.15, -0.1) is 0 Å². The van der Waals surface area contributed by atoms with Crippen LogP contribution in [-0.4, -0.2) is 22.5 Å². The number of nitrogens with one attached hydrogen (secondary N) is 2. The molecule has 4 nitrogen and oxygen atoms in total. The van der Waals surface area contributed by atoms with Gasteiger partial charge in [0.1, 0.15) is 5.75 Å². The van der Waals surface area contributed by atoms with Crippen LogP contribution in [0.1, 0.15) is 12.5 Å². The van der Waals surface area contributed by atoms with Crippen LogP contribution in [0.25, 0.3) is 10.9 Å². The SMILES string of the molecule is CC(=O)NCCc1c[nH]c2c(O)cccc12. The molecule has 16 heavy (non-hydrogen) atoms.